The standard InChI is InChI=1S/C15H17N5O2S/c1-11(15-16-18-19-17-15)10-20(2)23(21,22)14-9-5-7-12-6-3-4-8-13(12)14/h3-9,11H,10H2,1-2H3,(H,16,17,18,19)/t11-/m1/s1. The topological polar surface area (TPSA) is 91.8 Å². The van der Waals surface area contributed by atoms with Gasteiger partial charge in [0.25, 0.3) is 0 Å². The molecule has 1 atom stereocenters. The number of sulfonamides is 1. The molecule has 0 radical (unpaired) electrons. The van der Waals surface area contributed by atoms with E-state index in [1.54, 1.807) is 19.2 Å². The van der Waals surface area contributed by atoms with E-state index in [0.717, 1.165) is 5.39 Å². The van der Waals surface area contributed by atoms with Crippen molar-refractivity contribution in [2.24, 2.45) is 0 Å². The van der Waals surface area contributed by atoms with Gasteiger partial charge in [-0.05, 0) is 11.5 Å². The lowest BCUT2D eigenvalue weighted by Gasteiger charge is -2.20. The zero-order valence-corrected chi connectivity index (χ0v) is 13.7. The van der Waals surface area contributed by atoms with Crippen LogP contribution >= 0.6 is 0 Å². The summed E-state index contributed by atoms with van der Waals surface area (Å²) in [5.74, 6) is 0.327. The van der Waals surface area contributed by atoms with Crippen LogP contribution in [0.25, 0.3) is 10.8 Å². The highest BCUT2D eigenvalue weighted by molar-refractivity contribution is 7.89. The molecule has 3 rings (SSSR count). The van der Waals surface area contributed by atoms with Crippen molar-refractivity contribution in [1.29, 1.82) is 0 Å². The Hall–Kier alpha value is -2.32. The molecule has 3 aromatic rings. The van der Waals surface area contributed by atoms with Gasteiger partial charge < -0.3 is 0 Å². The highest BCUT2D eigenvalue weighted by Gasteiger charge is 2.25. The van der Waals surface area contributed by atoms with E-state index in [4.69, 9.17) is 0 Å². The second kappa shape index (κ2) is 6.05. The molecule has 0 aliphatic rings. The number of nitrogens with zero attached hydrogens (tertiary/aromatic N) is 4. The largest absolute Gasteiger partial charge is 0.243 e. The van der Waals surface area contributed by atoms with Gasteiger partial charge in [-0.15, -0.1) is 10.2 Å². The highest BCUT2D eigenvalue weighted by Crippen LogP contribution is 2.26. The van der Waals surface area contributed by atoms with Crippen LogP contribution in [0.1, 0.15) is 18.7 Å². The molecular formula is C15H17N5O2S. The minimum absolute atomic E-state index is 0.163. The van der Waals surface area contributed by atoms with Crippen molar-refractivity contribution in [3.8, 4) is 0 Å². The molecule has 1 heterocycles. The minimum atomic E-state index is -3.60. The molecule has 8 heteroatoms. The van der Waals surface area contributed by atoms with Crippen LogP contribution in [0, 0.1) is 0 Å². The molecule has 120 valence electrons. The monoisotopic (exact) mass is 331 g/mol. The summed E-state index contributed by atoms with van der Waals surface area (Å²) in [7, 11) is -2.04. The molecule has 23 heavy (non-hydrogen) atoms. The Morgan fingerprint density at radius 2 is 1.91 bits per heavy atom. The van der Waals surface area contributed by atoms with Gasteiger partial charge in [-0.3, -0.25) is 0 Å². The van der Waals surface area contributed by atoms with Crippen molar-refractivity contribution in [2.45, 2.75) is 17.7 Å². The van der Waals surface area contributed by atoms with Crippen LogP contribution in [0.4, 0.5) is 0 Å². The Bertz CT molecular complexity index is 903. The number of hydrogen-bond acceptors (Lipinski definition) is 5. The van der Waals surface area contributed by atoms with Crippen molar-refractivity contribution in [3.63, 3.8) is 0 Å². The van der Waals surface area contributed by atoms with Crippen LogP contribution in [-0.2, 0) is 10.0 Å². The van der Waals surface area contributed by atoms with Crippen molar-refractivity contribution in [1.82, 2.24) is 24.9 Å². The van der Waals surface area contributed by atoms with E-state index < -0.39 is 10.0 Å². The molecule has 0 amide bonds. The Morgan fingerprint density at radius 3 is 2.65 bits per heavy atom. The van der Waals surface area contributed by atoms with Crippen molar-refractivity contribution in [3.05, 3.63) is 48.3 Å². The number of tetrazole rings is 1. The maximum atomic E-state index is 12.9. The maximum Gasteiger partial charge on any atom is 0.243 e. The molecule has 0 aliphatic carbocycles. The van der Waals surface area contributed by atoms with Gasteiger partial charge in [0.2, 0.25) is 10.0 Å². The van der Waals surface area contributed by atoms with Gasteiger partial charge in [0, 0.05) is 24.9 Å². The predicted molar refractivity (Wildman–Crippen MR) is 86.4 cm³/mol. The van der Waals surface area contributed by atoms with Gasteiger partial charge >= 0.3 is 0 Å². The number of aromatic amines is 1. The maximum absolute atomic E-state index is 12.9. The van der Waals surface area contributed by atoms with Crippen LogP contribution in [-0.4, -0.2) is 46.9 Å². The first-order valence-electron chi connectivity index (χ1n) is 7.17. The molecule has 2 aromatic carbocycles. The molecule has 0 spiro atoms. The van der Waals surface area contributed by atoms with Gasteiger partial charge in [-0.25, -0.2) is 12.7 Å². The lowest BCUT2D eigenvalue weighted by Crippen LogP contribution is -2.31. The van der Waals surface area contributed by atoms with E-state index in [-0.39, 0.29) is 12.5 Å². The molecule has 7 nitrogen and oxygen atoms in total. The predicted octanol–water partition coefficient (Wildman–Crippen LogP) is 1.78. The smallest absolute Gasteiger partial charge is 0.207 e. The van der Waals surface area contributed by atoms with E-state index >= 15 is 0 Å². The first kappa shape index (κ1) is 15.6. The summed E-state index contributed by atoms with van der Waals surface area (Å²) < 4.78 is 27.2. The Morgan fingerprint density at radius 1 is 1.17 bits per heavy atom. The average molecular weight is 331 g/mol. The molecule has 0 saturated carbocycles. The summed E-state index contributed by atoms with van der Waals surface area (Å²) in [6.07, 6.45) is 0. The summed E-state index contributed by atoms with van der Waals surface area (Å²) in [5, 5.41) is 15.3. The second-order valence-corrected chi connectivity index (χ2v) is 7.45. The van der Waals surface area contributed by atoms with E-state index in [1.165, 1.54) is 4.31 Å². The summed E-state index contributed by atoms with van der Waals surface area (Å²) >= 11 is 0. The lowest BCUT2D eigenvalue weighted by atomic mass is 10.1. The normalized spacial score (nSPS) is 13.5. The quantitative estimate of drug-likeness (QED) is 0.769. The highest BCUT2D eigenvalue weighted by atomic mass is 32.2. The van der Waals surface area contributed by atoms with E-state index in [9.17, 15) is 8.42 Å². The Balaban J connectivity index is 1.94. The summed E-state index contributed by atoms with van der Waals surface area (Å²) in [5.41, 5.74) is 0. The molecule has 0 fully saturated rings. The van der Waals surface area contributed by atoms with Crippen molar-refractivity contribution in [2.75, 3.05) is 13.6 Å². The fourth-order valence-corrected chi connectivity index (χ4v) is 4.00. The lowest BCUT2D eigenvalue weighted by molar-refractivity contribution is 0.440. The van der Waals surface area contributed by atoms with E-state index in [2.05, 4.69) is 20.6 Å². The third-order valence-electron chi connectivity index (χ3n) is 3.77. The molecule has 0 unspecified atom stereocenters. The van der Waals surface area contributed by atoms with Gasteiger partial charge in [-0.2, -0.15) is 5.21 Å². The van der Waals surface area contributed by atoms with Crippen LogP contribution < -0.4 is 0 Å². The summed E-state index contributed by atoms with van der Waals surface area (Å²) in [4.78, 5) is 0.304. The van der Waals surface area contributed by atoms with Crippen LogP contribution in [0.5, 0.6) is 0 Å². The van der Waals surface area contributed by atoms with Gasteiger partial charge in [0.1, 0.15) is 0 Å². The molecule has 0 aliphatic heterocycles. The van der Waals surface area contributed by atoms with Gasteiger partial charge in [0.05, 0.1) is 4.90 Å². The van der Waals surface area contributed by atoms with E-state index in [1.807, 2.05) is 37.3 Å². The van der Waals surface area contributed by atoms with Crippen molar-refractivity contribution < 1.29 is 8.42 Å². The number of benzene rings is 2. The van der Waals surface area contributed by atoms with Crippen LogP contribution in [0.3, 0.4) is 0 Å². The minimum Gasteiger partial charge on any atom is -0.207 e. The number of rotatable bonds is 5. The first-order valence-corrected chi connectivity index (χ1v) is 8.61. The fraction of sp³-hybridized carbons (Fsp3) is 0.267. The second-order valence-electron chi connectivity index (χ2n) is 5.43. The zero-order valence-electron chi connectivity index (χ0n) is 12.8. The molecule has 0 bridgehead atoms. The first-order chi connectivity index (χ1) is 11.0. The molecule has 1 N–H and O–H groups in total. The number of fused-ring (bicyclic) bond motifs is 1. The van der Waals surface area contributed by atoms with Crippen LogP contribution in [0.15, 0.2) is 47.4 Å². The summed E-state index contributed by atoms with van der Waals surface area (Å²) in [6.45, 7) is 2.13. The number of nitrogens with one attached hydrogen (secondary N) is 1. The Kier molecular flexibility index (Phi) is 4.10. The van der Waals surface area contributed by atoms with Crippen LogP contribution in [0.2, 0.25) is 0 Å². The SMILES string of the molecule is C[C@H](CN(C)S(=O)(=O)c1cccc2ccccc12)c1nn[nH]n1. The number of likely N-dealkylation sites (N-methyl/N-ethyl adjacent to an activating group) is 1. The zero-order chi connectivity index (χ0) is 16.4. The summed E-state index contributed by atoms with van der Waals surface area (Å²) in [6, 6.07) is 12.7. The van der Waals surface area contributed by atoms with E-state index in [0.29, 0.717) is 16.1 Å². The fourth-order valence-electron chi connectivity index (χ4n) is 2.53. The van der Waals surface area contributed by atoms with Crippen molar-refractivity contribution >= 4 is 20.8 Å². The Labute approximate surface area is 134 Å². The molecular weight excluding hydrogens is 314 g/mol. The average Bonchev–Trinajstić information content (AvgIpc) is 3.08. The molecule has 0 saturated heterocycles. The number of H-pyrrole nitrogens is 1. The van der Waals surface area contributed by atoms with Gasteiger partial charge in [-0.1, -0.05) is 48.5 Å². The molecule has 1 aromatic heterocycles. The third kappa shape index (κ3) is 2.95. The number of aromatic nitrogens is 4. The number of hydrogen-bond donors (Lipinski definition) is 1. The van der Waals surface area contributed by atoms with Gasteiger partial charge in [0.15, 0.2) is 5.82 Å². The third-order valence-corrected chi connectivity index (χ3v) is 5.65.